The summed E-state index contributed by atoms with van der Waals surface area (Å²) in [5.41, 5.74) is 0. The van der Waals surface area contributed by atoms with Gasteiger partial charge in [0, 0.05) is 7.05 Å². The average Bonchev–Trinajstić information content (AvgIpc) is 1.69. The van der Waals surface area contributed by atoms with Gasteiger partial charge in [0.1, 0.15) is 0 Å². The zero-order valence-electron chi connectivity index (χ0n) is 4.91. The van der Waals surface area contributed by atoms with Crippen LogP contribution in [0.1, 0.15) is 0 Å². The van der Waals surface area contributed by atoms with E-state index in [9.17, 15) is 0 Å². The number of hydrogen-bond donors (Lipinski definition) is 3. The molecule has 8 heavy (non-hydrogen) atoms. The summed E-state index contributed by atoms with van der Waals surface area (Å²) in [5, 5.41) is 18.1. The summed E-state index contributed by atoms with van der Waals surface area (Å²) in [6, 6.07) is -0.324. The van der Waals surface area contributed by atoms with Crippen LogP contribution in [0.15, 0.2) is 0 Å². The van der Waals surface area contributed by atoms with Gasteiger partial charge in [-0.15, -0.1) is 0 Å². The molecule has 0 aromatic carbocycles. The highest BCUT2D eigenvalue weighted by Gasteiger charge is 2.06. The molecule has 0 unspecified atom stereocenters. The molecule has 0 aromatic heterocycles. The van der Waals surface area contributed by atoms with Gasteiger partial charge in [0.2, 0.25) is 0 Å². The first-order valence-electron chi connectivity index (χ1n) is 2.41. The number of hydrogen-bond acceptors (Lipinski definition) is 4. The first-order valence-corrected chi connectivity index (χ1v) is 2.41. The summed E-state index contributed by atoms with van der Waals surface area (Å²) in [7, 11) is 1.59. The average molecular weight is 120 g/mol. The van der Waals surface area contributed by atoms with Crippen LogP contribution in [-0.2, 0) is 0 Å². The first kappa shape index (κ1) is 7.84. The van der Waals surface area contributed by atoms with Gasteiger partial charge >= 0.3 is 0 Å². The fraction of sp³-hybridized carbons (Fsp3) is 1.00. The molecule has 0 saturated carbocycles. The Hall–Kier alpha value is -0.160. The van der Waals surface area contributed by atoms with Gasteiger partial charge in [-0.05, 0) is 0 Å². The van der Waals surface area contributed by atoms with E-state index in [1.165, 1.54) is 5.01 Å². The fourth-order valence-corrected chi connectivity index (χ4v) is 0.315. The van der Waals surface area contributed by atoms with Crippen molar-refractivity contribution in [3.05, 3.63) is 0 Å². The quantitative estimate of drug-likeness (QED) is 0.302. The molecule has 0 aliphatic carbocycles. The standard InChI is InChI=1S/C4H12N2O2/c1-6(5)4(2-7)3-8/h4,7-8H,2-3,5H2,1H3. The van der Waals surface area contributed by atoms with Crippen LogP contribution in [0.5, 0.6) is 0 Å². The summed E-state index contributed by atoms with van der Waals surface area (Å²) >= 11 is 0. The molecule has 0 fully saturated rings. The molecule has 0 heterocycles. The molecule has 0 radical (unpaired) electrons. The van der Waals surface area contributed by atoms with E-state index in [-0.39, 0.29) is 19.3 Å². The van der Waals surface area contributed by atoms with Crippen molar-refractivity contribution in [3.8, 4) is 0 Å². The van der Waals surface area contributed by atoms with Crippen molar-refractivity contribution < 1.29 is 10.2 Å². The predicted molar refractivity (Wildman–Crippen MR) is 29.9 cm³/mol. The Balaban J connectivity index is 3.35. The van der Waals surface area contributed by atoms with Gasteiger partial charge < -0.3 is 10.2 Å². The van der Waals surface area contributed by atoms with Crippen LogP contribution in [-0.4, -0.2) is 41.5 Å². The lowest BCUT2D eigenvalue weighted by Crippen LogP contribution is -2.42. The van der Waals surface area contributed by atoms with Gasteiger partial charge in [0.05, 0.1) is 19.3 Å². The highest BCUT2D eigenvalue weighted by Crippen LogP contribution is 1.84. The molecule has 0 aliphatic heterocycles. The van der Waals surface area contributed by atoms with Crippen molar-refractivity contribution in [2.45, 2.75) is 6.04 Å². The highest BCUT2D eigenvalue weighted by atomic mass is 16.3. The minimum absolute atomic E-state index is 0.108. The summed E-state index contributed by atoms with van der Waals surface area (Å²) < 4.78 is 0. The van der Waals surface area contributed by atoms with Gasteiger partial charge in [-0.1, -0.05) is 0 Å². The van der Waals surface area contributed by atoms with E-state index in [2.05, 4.69) is 0 Å². The second-order valence-electron chi connectivity index (χ2n) is 1.68. The third kappa shape index (κ3) is 2.23. The molecule has 0 spiro atoms. The highest BCUT2D eigenvalue weighted by molar-refractivity contribution is 4.58. The lowest BCUT2D eigenvalue weighted by Gasteiger charge is -2.17. The Labute approximate surface area is 48.5 Å². The van der Waals surface area contributed by atoms with E-state index in [0.29, 0.717) is 0 Å². The van der Waals surface area contributed by atoms with Crippen LogP contribution in [0.3, 0.4) is 0 Å². The smallest absolute Gasteiger partial charge is 0.0700 e. The van der Waals surface area contributed by atoms with Crippen molar-refractivity contribution in [2.24, 2.45) is 5.84 Å². The number of aliphatic hydroxyl groups excluding tert-OH is 2. The second-order valence-corrected chi connectivity index (χ2v) is 1.68. The van der Waals surface area contributed by atoms with Gasteiger partial charge in [0.25, 0.3) is 0 Å². The molecule has 0 saturated heterocycles. The van der Waals surface area contributed by atoms with Crippen LogP contribution < -0.4 is 5.84 Å². The van der Waals surface area contributed by atoms with Gasteiger partial charge in [-0.2, -0.15) is 0 Å². The Morgan fingerprint density at radius 1 is 1.50 bits per heavy atom. The van der Waals surface area contributed by atoms with E-state index in [1.807, 2.05) is 0 Å². The summed E-state index contributed by atoms with van der Waals surface area (Å²) in [5.74, 6) is 5.17. The van der Waals surface area contributed by atoms with Crippen LogP contribution in [0.25, 0.3) is 0 Å². The Morgan fingerprint density at radius 3 is 1.88 bits per heavy atom. The minimum atomic E-state index is -0.324. The Morgan fingerprint density at radius 2 is 1.88 bits per heavy atom. The fourth-order valence-electron chi connectivity index (χ4n) is 0.315. The Bertz CT molecular complexity index is 54.0. The summed E-state index contributed by atoms with van der Waals surface area (Å²) in [4.78, 5) is 0. The van der Waals surface area contributed by atoms with Crippen molar-refractivity contribution in [3.63, 3.8) is 0 Å². The third-order valence-electron chi connectivity index (χ3n) is 0.997. The van der Waals surface area contributed by atoms with Crippen molar-refractivity contribution in [1.82, 2.24) is 5.01 Å². The maximum Gasteiger partial charge on any atom is 0.0700 e. The molecule has 4 N–H and O–H groups in total. The minimum Gasteiger partial charge on any atom is -0.395 e. The van der Waals surface area contributed by atoms with E-state index in [4.69, 9.17) is 16.1 Å². The van der Waals surface area contributed by atoms with E-state index < -0.39 is 0 Å². The molecular formula is C4H12N2O2. The van der Waals surface area contributed by atoms with Crippen LogP contribution in [0, 0.1) is 0 Å². The van der Waals surface area contributed by atoms with E-state index in [0.717, 1.165) is 0 Å². The Kier molecular flexibility index (Phi) is 3.72. The molecule has 0 aromatic rings. The molecule has 50 valence electrons. The first-order chi connectivity index (χ1) is 3.72. The van der Waals surface area contributed by atoms with Crippen LogP contribution in [0.4, 0.5) is 0 Å². The van der Waals surface area contributed by atoms with Gasteiger partial charge in [-0.3, -0.25) is 5.84 Å². The predicted octanol–water partition coefficient (Wildman–Crippen LogP) is -1.85. The number of rotatable bonds is 3. The maximum atomic E-state index is 8.41. The molecule has 0 bridgehead atoms. The SMILES string of the molecule is CN(N)C(CO)CO. The van der Waals surface area contributed by atoms with Gasteiger partial charge in [0.15, 0.2) is 0 Å². The summed E-state index contributed by atoms with van der Waals surface area (Å²) in [6.45, 7) is -0.215. The largest absolute Gasteiger partial charge is 0.395 e. The molecule has 0 atom stereocenters. The molecule has 0 aliphatic rings. The number of nitrogens with two attached hydrogens (primary N) is 1. The lowest BCUT2D eigenvalue weighted by molar-refractivity contribution is 0.0923. The zero-order chi connectivity index (χ0) is 6.57. The zero-order valence-corrected chi connectivity index (χ0v) is 4.91. The topological polar surface area (TPSA) is 69.7 Å². The monoisotopic (exact) mass is 120 g/mol. The number of likely N-dealkylation sites (N-methyl/N-ethyl adjacent to an activating group) is 1. The second kappa shape index (κ2) is 3.80. The van der Waals surface area contributed by atoms with Crippen molar-refractivity contribution in [2.75, 3.05) is 20.3 Å². The molecule has 4 nitrogen and oxygen atoms in total. The van der Waals surface area contributed by atoms with Gasteiger partial charge in [-0.25, -0.2) is 5.01 Å². The van der Waals surface area contributed by atoms with Crippen molar-refractivity contribution >= 4 is 0 Å². The summed E-state index contributed by atoms with van der Waals surface area (Å²) in [6.07, 6.45) is 0. The van der Waals surface area contributed by atoms with E-state index in [1.54, 1.807) is 7.05 Å². The maximum absolute atomic E-state index is 8.41. The molecule has 0 rings (SSSR count). The molecule has 4 heteroatoms. The third-order valence-corrected chi connectivity index (χ3v) is 0.997. The van der Waals surface area contributed by atoms with Crippen LogP contribution >= 0.6 is 0 Å². The normalized spacial score (nSPS) is 11.2. The molecule has 0 amide bonds. The number of hydrazine groups is 1. The number of nitrogens with zero attached hydrogens (tertiary/aromatic N) is 1. The molecular weight excluding hydrogens is 108 g/mol. The van der Waals surface area contributed by atoms with Crippen LogP contribution in [0.2, 0.25) is 0 Å². The van der Waals surface area contributed by atoms with Crippen molar-refractivity contribution in [1.29, 1.82) is 0 Å². The van der Waals surface area contributed by atoms with E-state index >= 15 is 0 Å². The number of aliphatic hydroxyl groups is 2. The lowest BCUT2D eigenvalue weighted by atomic mass is 10.3.